The molecule has 30 heavy (non-hydrogen) atoms. The van der Waals surface area contributed by atoms with Gasteiger partial charge in [-0.25, -0.2) is 4.79 Å². The minimum Gasteiger partial charge on any atom is -0.479 e. The first-order valence-electron chi connectivity index (χ1n) is 10.1. The van der Waals surface area contributed by atoms with E-state index in [0.29, 0.717) is 46.1 Å². The summed E-state index contributed by atoms with van der Waals surface area (Å²) in [5.74, 6) is -2.68. The molecule has 0 aliphatic heterocycles. The lowest BCUT2D eigenvalue weighted by Crippen LogP contribution is -2.46. The fourth-order valence-corrected chi connectivity index (χ4v) is 1.52. The summed E-state index contributed by atoms with van der Waals surface area (Å²) in [4.78, 5) is 31.8. The smallest absolute Gasteiger partial charge is 0.335 e. The summed E-state index contributed by atoms with van der Waals surface area (Å²) in [6.45, 7) is 10.8. The molecule has 0 aliphatic carbocycles. The molecule has 0 spiro atoms. The van der Waals surface area contributed by atoms with Crippen molar-refractivity contribution >= 4 is 18.2 Å². The van der Waals surface area contributed by atoms with Gasteiger partial charge >= 0.3 is 5.97 Å². The number of aliphatic carboxylic acids is 1. The summed E-state index contributed by atoms with van der Waals surface area (Å²) in [7, 11) is 0. The summed E-state index contributed by atoms with van der Waals surface area (Å²) >= 11 is 0. The van der Waals surface area contributed by atoms with E-state index in [1.165, 1.54) is 0 Å². The van der Waals surface area contributed by atoms with Crippen molar-refractivity contribution in [2.75, 3.05) is 59.4 Å². The largest absolute Gasteiger partial charge is 0.479 e. The van der Waals surface area contributed by atoms with Crippen LogP contribution in [-0.4, -0.2) is 105 Å². The van der Waals surface area contributed by atoms with Crippen LogP contribution in [0.1, 0.15) is 34.1 Å². The molecule has 0 bridgehead atoms. The van der Waals surface area contributed by atoms with Gasteiger partial charge in [-0.15, -0.1) is 0 Å². The van der Waals surface area contributed by atoms with Crippen LogP contribution in [0.2, 0.25) is 0 Å². The molecular formula is C19H39NO10. The number of aliphatic hydroxyl groups excluding tert-OH is 2. The zero-order valence-electron chi connectivity index (χ0n) is 18.5. The Morgan fingerprint density at radius 1 is 0.767 bits per heavy atom. The van der Waals surface area contributed by atoms with Gasteiger partial charge in [0.25, 0.3) is 5.91 Å². The van der Waals surface area contributed by atoms with Crippen LogP contribution < -0.4 is 5.32 Å². The number of aliphatic hydroxyl groups is 2. The number of nitrogens with one attached hydrogen (secondary N) is 1. The molecule has 2 atom stereocenters. The highest BCUT2D eigenvalue weighted by atomic mass is 16.6. The number of rotatable bonds is 18. The summed E-state index contributed by atoms with van der Waals surface area (Å²) < 4.78 is 20.7. The van der Waals surface area contributed by atoms with Gasteiger partial charge in [0.2, 0.25) is 0 Å². The lowest BCUT2D eigenvalue weighted by molar-refractivity contribution is -0.158. The summed E-state index contributed by atoms with van der Waals surface area (Å²) in [6, 6.07) is 0. The van der Waals surface area contributed by atoms with Crippen molar-refractivity contribution in [3.05, 3.63) is 0 Å². The molecule has 1 amide bonds. The molecule has 0 saturated carbocycles. The van der Waals surface area contributed by atoms with Crippen molar-refractivity contribution in [1.82, 2.24) is 5.32 Å². The van der Waals surface area contributed by atoms with Crippen LogP contribution in [-0.2, 0) is 33.3 Å². The first-order chi connectivity index (χ1) is 14.5. The third kappa shape index (κ3) is 22.7. The molecule has 0 aromatic heterocycles. The molecule has 0 fully saturated rings. The lowest BCUT2D eigenvalue weighted by Gasteiger charge is -2.14. The van der Waals surface area contributed by atoms with E-state index in [1.807, 2.05) is 27.7 Å². The van der Waals surface area contributed by atoms with Gasteiger partial charge in [0.15, 0.2) is 12.2 Å². The maximum Gasteiger partial charge on any atom is 0.335 e. The van der Waals surface area contributed by atoms with Crippen molar-refractivity contribution in [2.45, 2.75) is 46.3 Å². The van der Waals surface area contributed by atoms with Crippen LogP contribution >= 0.6 is 0 Å². The topological polar surface area (TPSA) is 161 Å². The van der Waals surface area contributed by atoms with E-state index in [-0.39, 0.29) is 19.8 Å². The standard InChI is InChI=1S/C15H27NO10.2C2H6/c17-3-1-4-23-6-8-25-10-11-26-9-7-24-5-2-16-14(20)12(18)13(19)15(21)22;2*1-2/h3,12-13,18-19H,1-2,4-11H2,(H,16,20)(H,21,22);2*1-2H3. The van der Waals surface area contributed by atoms with Crippen molar-refractivity contribution in [1.29, 1.82) is 0 Å². The van der Waals surface area contributed by atoms with Gasteiger partial charge in [-0.1, -0.05) is 27.7 Å². The van der Waals surface area contributed by atoms with Gasteiger partial charge in [-0.05, 0) is 0 Å². The van der Waals surface area contributed by atoms with Crippen molar-refractivity contribution in [3.63, 3.8) is 0 Å². The van der Waals surface area contributed by atoms with Crippen LogP contribution in [0.25, 0.3) is 0 Å². The fraction of sp³-hybridized carbons (Fsp3) is 0.842. The molecule has 0 aliphatic rings. The number of ether oxygens (including phenoxy) is 4. The molecule has 4 N–H and O–H groups in total. The third-order valence-corrected chi connectivity index (χ3v) is 2.86. The van der Waals surface area contributed by atoms with E-state index in [9.17, 15) is 19.5 Å². The van der Waals surface area contributed by atoms with Gasteiger partial charge in [0, 0.05) is 13.0 Å². The summed E-state index contributed by atoms with van der Waals surface area (Å²) in [5, 5.41) is 28.9. The Morgan fingerprint density at radius 3 is 1.57 bits per heavy atom. The molecule has 180 valence electrons. The first kappa shape index (κ1) is 33.0. The second-order valence-corrected chi connectivity index (χ2v) is 4.92. The van der Waals surface area contributed by atoms with Crippen LogP contribution in [0.15, 0.2) is 0 Å². The highest BCUT2D eigenvalue weighted by Crippen LogP contribution is 1.93. The number of carbonyl (C=O) groups excluding carboxylic acids is 2. The van der Waals surface area contributed by atoms with E-state index in [4.69, 9.17) is 29.2 Å². The SMILES string of the molecule is CC.CC.O=CCCOCCOCCOCCOCCNC(=O)C(O)C(O)C(=O)O. The highest BCUT2D eigenvalue weighted by molar-refractivity contribution is 5.87. The number of carboxylic acids is 1. The second-order valence-electron chi connectivity index (χ2n) is 4.92. The van der Waals surface area contributed by atoms with Crippen molar-refractivity contribution in [3.8, 4) is 0 Å². The predicted molar refractivity (Wildman–Crippen MR) is 109 cm³/mol. The Labute approximate surface area is 178 Å². The second kappa shape index (κ2) is 27.4. The molecule has 0 radical (unpaired) electrons. The summed E-state index contributed by atoms with van der Waals surface area (Å²) in [5.41, 5.74) is 0. The Morgan fingerprint density at radius 2 is 1.17 bits per heavy atom. The molecule has 0 saturated heterocycles. The predicted octanol–water partition coefficient (Wildman–Crippen LogP) is -0.383. The van der Waals surface area contributed by atoms with Crippen LogP contribution in [0.4, 0.5) is 0 Å². The maximum atomic E-state index is 11.3. The molecule has 11 nitrogen and oxygen atoms in total. The van der Waals surface area contributed by atoms with Crippen molar-refractivity contribution in [2.24, 2.45) is 0 Å². The van der Waals surface area contributed by atoms with E-state index in [0.717, 1.165) is 6.29 Å². The maximum absolute atomic E-state index is 11.3. The average Bonchev–Trinajstić information content (AvgIpc) is 2.77. The number of hydrogen-bond acceptors (Lipinski definition) is 9. The Balaban J connectivity index is -0.00000171. The lowest BCUT2D eigenvalue weighted by atomic mass is 10.2. The number of amides is 1. The molecular weight excluding hydrogens is 402 g/mol. The minimum absolute atomic E-state index is 0.0510. The molecule has 0 aromatic carbocycles. The van der Waals surface area contributed by atoms with Crippen LogP contribution in [0, 0.1) is 0 Å². The monoisotopic (exact) mass is 441 g/mol. The molecule has 0 rings (SSSR count). The fourth-order valence-electron chi connectivity index (χ4n) is 1.52. The number of hydrogen-bond donors (Lipinski definition) is 4. The number of carboxylic acid groups (broad SMARTS) is 1. The quantitative estimate of drug-likeness (QED) is 0.163. The van der Waals surface area contributed by atoms with E-state index >= 15 is 0 Å². The van der Waals surface area contributed by atoms with Gasteiger partial charge in [0.05, 0.1) is 52.9 Å². The van der Waals surface area contributed by atoms with Gasteiger partial charge in [-0.3, -0.25) is 4.79 Å². The third-order valence-electron chi connectivity index (χ3n) is 2.86. The zero-order chi connectivity index (χ0) is 23.6. The van der Waals surface area contributed by atoms with Crippen LogP contribution in [0.5, 0.6) is 0 Å². The van der Waals surface area contributed by atoms with E-state index in [1.54, 1.807) is 0 Å². The Hall–Kier alpha value is -1.63. The average molecular weight is 442 g/mol. The highest BCUT2D eigenvalue weighted by Gasteiger charge is 2.29. The van der Waals surface area contributed by atoms with Crippen molar-refractivity contribution < 1.29 is 48.7 Å². The number of aldehydes is 1. The molecule has 0 heterocycles. The molecule has 2 unspecified atom stereocenters. The van der Waals surface area contributed by atoms with Gasteiger partial charge in [-0.2, -0.15) is 0 Å². The normalized spacial score (nSPS) is 11.8. The summed E-state index contributed by atoms with van der Waals surface area (Å²) in [6.07, 6.45) is -3.05. The molecule has 0 aromatic rings. The minimum atomic E-state index is -2.17. The first-order valence-corrected chi connectivity index (χ1v) is 10.1. The van der Waals surface area contributed by atoms with Gasteiger partial charge in [0.1, 0.15) is 6.29 Å². The van der Waals surface area contributed by atoms with Crippen LogP contribution in [0.3, 0.4) is 0 Å². The zero-order valence-corrected chi connectivity index (χ0v) is 18.5. The molecule has 11 heteroatoms. The Kier molecular flexibility index (Phi) is 30.1. The van der Waals surface area contributed by atoms with E-state index < -0.39 is 24.1 Å². The van der Waals surface area contributed by atoms with E-state index in [2.05, 4.69) is 5.32 Å². The Bertz CT molecular complexity index is 396. The van der Waals surface area contributed by atoms with Gasteiger partial charge < -0.3 is 44.4 Å². The number of carbonyl (C=O) groups is 3.